The van der Waals surface area contributed by atoms with Crippen molar-refractivity contribution in [2.45, 2.75) is 37.5 Å². The molecule has 0 unspecified atom stereocenters. The molecule has 1 amide bonds. The first kappa shape index (κ1) is 26.3. The number of rotatable bonds is 6. The molecule has 6 rings (SSSR count). The van der Waals surface area contributed by atoms with Crippen LogP contribution in [0.5, 0.6) is 0 Å². The van der Waals surface area contributed by atoms with Crippen LogP contribution in [0, 0.1) is 0 Å². The number of carbonyl (C=O) groups is 1. The number of methoxy groups -OCH3 is 1. The summed E-state index contributed by atoms with van der Waals surface area (Å²) >= 11 is 0. The maximum atomic E-state index is 12.9. The molecule has 11 heteroatoms. The van der Waals surface area contributed by atoms with E-state index in [1.807, 2.05) is 24.3 Å². The Kier molecular flexibility index (Phi) is 7.18. The van der Waals surface area contributed by atoms with E-state index in [1.165, 1.54) is 11.6 Å². The molecule has 10 nitrogen and oxygen atoms in total. The van der Waals surface area contributed by atoms with Gasteiger partial charge in [0.1, 0.15) is 11.6 Å². The van der Waals surface area contributed by atoms with Gasteiger partial charge >= 0.3 is 0 Å². The predicted molar refractivity (Wildman–Crippen MR) is 149 cm³/mol. The lowest BCUT2D eigenvalue weighted by Crippen LogP contribution is -2.27. The quantitative estimate of drug-likeness (QED) is 0.378. The minimum atomic E-state index is -3.50. The fraction of sp³-hybridized carbons (Fsp3) is 0.310. The van der Waals surface area contributed by atoms with E-state index < -0.39 is 9.84 Å². The van der Waals surface area contributed by atoms with E-state index in [-0.39, 0.29) is 41.9 Å². The van der Waals surface area contributed by atoms with Crippen molar-refractivity contribution in [3.05, 3.63) is 82.8 Å². The molecule has 2 aliphatic rings. The number of aromatic nitrogens is 3. The summed E-state index contributed by atoms with van der Waals surface area (Å²) in [4.78, 5) is 29.4. The number of pyridine rings is 3. The van der Waals surface area contributed by atoms with Gasteiger partial charge < -0.3 is 19.7 Å². The lowest BCUT2D eigenvalue weighted by atomic mass is 10.0. The smallest absolute Gasteiger partial charge is 0.251 e. The van der Waals surface area contributed by atoms with Crippen molar-refractivity contribution in [2.75, 3.05) is 30.9 Å². The summed E-state index contributed by atoms with van der Waals surface area (Å²) in [5.41, 5.74) is 4.29. The summed E-state index contributed by atoms with van der Waals surface area (Å²) in [5.74, 6) is 1.22. The molecule has 0 atom stereocenters. The summed E-state index contributed by atoms with van der Waals surface area (Å²) in [7, 11) is -1.85. The third kappa shape index (κ3) is 5.27. The monoisotopic (exact) mass is 559 g/mol. The SMILES string of the molecule is COCc1ccc2c(n1)N(c1ccc3cnc(CNC(=O)c4ccc5c(c4)S(=O)(=O)CCOC5)cc3n1)CCC2. The van der Waals surface area contributed by atoms with Crippen LogP contribution in [0.15, 0.2) is 59.6 Å². The second-order valence-electron chi connectivity index (χ2n) is 9.89. The van der Waals surface area contributed by atoms with Crippen LogP contribution >= 0.6 is 0 Å². The second-order valence-corrected chi connectivity index (χ2v) is 12.0. The molecule has 1 N–H and O–H groups in total. The zero-order valence-corrected chi connectivity index (χ0v) is 22.9. The van der Waals surface area contributed by atoms with Gasteiger partial charge in [-0.2, -0.15) is 0 Å². The van der Waals surface area contributed by atoms with Crippen LogP contribution in [-0.2, 0) is 45.5 Å². The summed E-state index contributed by atoms with van der Waals surface area (Å²) in [6.45, 7) is 1.77. The van der Waals surface area contributed by atoms with Crippen LogP contribution in [0.1, 0.15) is 39.3 Å². The molecule has 0 spiro atoms. The Labute approximate surface area is 232 Å². The van der Waals surface area contributed by atoms with Crippen molar-refractivity contribution in [1.29, 1.82) is 0 Å². The average Bonchev–Trinajstić information content (AvgIpc) is 3.12. The van der Waals surface area contributed by atoms with Gasteiger partial charge in [0.2, 0.25) is 0 Å². The van der Waals surface area contributed by atoms with Crippen LogP contribution in [0.2, 0.25) is 0 Å². The molecule has 4 aromatic rings. The molecule has 0 fully saturated rings. The molecule has 206 valence electrons. The van der Waals surface area contributed by atoms with Crippen LogP contribution in [0.3, 0.4) is 0 Å². The zero-order valence-electron chi connectivity index (χ0n) is 22.1. The van der Waals surface area contributed by atoms with E-state index in [9.17, 15) is 13.2 Å². The Morgan fingerprint density at radius 2 is 1.95 bits per heavy atom. The lowest BCUT2D eigenvalue weighted by Gasteiger charge is -2.29. The predicted octanol–water partition coefficient (Wildman–Crippen LogP) is 3.49. The number of hydrogen-bond acceptors (Lipinski definition) is 9. The number of nitrogens with one attached hydrogen (secondary N) is 1. The summed E-state index contributed by atoms with van der Waals surface area (Å²) in [5, 5.41) is 3.74. The molecule has 1 aromatic carbocycles. The van der Waals surface area contributed by atoms with Gasteiger partial charge in [-0.3, -0.25) is 9.78 Å². The zero-order chi connectivity index (χ0) is 27.7. The van der Waals surface area contributed by atoms with Gasteiger partial charge in [0.25, 0.3) is 5.91 Å². The highest BCUT2D eigenvalue weighted by atomic mass is 32.2. The number of hydrogen-bond donors (Lipinski definition) is 1. The number of ether oxygens (including phenoxy) is 2. The first-order chi connectivity index (χ1) is 19.4. The van der Waals surface area contributed by atoms with E-state index in [2.05, 4.69) is 21.3 Å². The molecule has 40 heavy (non-hydrogen) atoms. The largest absolute Gasteiger partial charge is 0.378 e. The molecular formula is C29H29N5O5S. The van der Waals surface area contributed by atoms with E-state index >= 15 is 0 Å². The minimum Gasteiger partial charge on any atom is -0.378 e. The average molecular weight is 560 g/mol. The van der Waals surface area contributed by atoms with Gasteiger partial charge in [-0.15, -0.1) is 0 Å². The fourth-order valence-corrected chi connectivity index (χ4v) is 6.45. The summed E-state index contributed by atoms with van der Waals surface area (Å²) in [6, 6.07) is 14.6. The number of carbonyl (C=O) groups excluding carboxylic acids is 1. The number of nitrogens with zero attached hydrogens (tertiary/aromatic N) is 4. The Morgan fingerprint density at radius 1 is 1.07 bits per heavy atom. The molecule has 0 bridgehead atoms. The van der Waals surface area contributed by atoms with Crippen molar-refractivity contribution in [3.63, 3.8) is 0 Å². The van der Waals surface area contributed by atoms with E-state index in [0.717, 1.165) is 47.6 Å². The molecule has 5 heterocycles. The van der Waals surface area contributed by atoms with Crippen molar-refractivity contribution >= 4 is 38.3 Å². The van der Waals surface area contributed by atoms with Gasteiger partial charge in [0.15, 0.2) is 9.84 Å². The first-order valence-corrected chi connectivity index (χ1v) is 14.8. The Balaban J connectivity index is 1.22. The van der Waals surface area contributed by atoms with Crippen LogP contribution in [0.4, 0.5) is 11.6 Å². The summed E-state index contributed by atoms with van der Waals surface area (Å²) in [6.07, 6.45) is 3.71. The molecule has 0 saturated heterocycles. The third-order valence-corrected chi connectivity index (χ3v) is 8.88. The third-order valence-electron chi connectivity index (χ3n) is 7.13. The maximum Gasteiger partial charge on any atom is 0.251 e. The number of amides is 1. The Bertz CT molecular complexity index is 1710. The molecule has 0 radical (unpaired) electrons. The standard InChI is InChI=1S/C29H29N5O5S/c1-38-18-23-8-6-19-3-2-10-34(28(19)32-23)27-9-7-21-15-30-24(14-25(21)33-27)16-31-29(35)20-4-5-22-17-39-11-12-40(36,37)26(22)13-20/h4-9,13-15H,2-3,10-12,16-18H2,1H3,(H,31,35). The molecule has 0 saturated carbocycles. The van der Waals surface area contributed by atoms with Gasteiger partial charge in [-0.05, 0) is 60.4 Å². The van der Waals surface area contributed by atoms with Crippen molar-refractivity contribution in [3.8, 4) is 0 Å². The molecule has 0 aliphatic carbocycles. The van der Waals surface area contributed by atoms with E-state index in [4.69, 9.17) is 19.4 Å². The minimum absolute atomic E-state index is 0.103. The van der Waals surface area contributed by atoms with Crippen LogP contribution < -0.4 is 10.2 Å². The maximum absolute atomic E-state index is 12.9. The Morgan fingerprint density at radius 3 is 2.83 bits per heavy atom. The van der Waals surface area contributed by atoms with E-state index in [0.29, 0.717) is 17.9 Å². The first-order valence-electron chi connectivity index (χ1n) is 13.1. The molecule has 3 aromatic heterocycles. The van der Waals surface area contributed by atoms with Gasteiger partial charge in [-0.1, -0.05) is 12.1 Å². The summed E-state index contributed by atoms with van der Waals surface area (Å²) < 4.78 is 35.8. The normalized spacial score (nSPS) is 16.2. The second kappa shape index (κ2) is 10.9. The Hall–Kier alpha value is -3.93. The number of fused-ring (bicyclic) bond motifs is 3. The van der Waals surface area contributed by atoms with Crippen molar-refractivity contribution in [2.24, 2.45) is 0 Å². The van der Waals surface area contributed by atoms with Crippen molar-refractivity contribution < 1.29 is 22.7 Å². The molecular weight excluding hydrogens is 530 g/mol. The fourth-order valence-electron chi connectivity index (χ4n) is 5.06. The highest BCUT2D eigenvalue weighted by Crippen LogP contribution is 2.32. The van der Waals surface area contributed by atoms with Gasteiger partial charge in [-0.25, -0.2) is 18.4 Å². The topological polar surface area (TPSA) is 124 Å². The van der Waals surface area contributed by atoms with Gasteiger partial charge in [0.05, 0.1) is 53.9 Å². The van der Waals surface area contributed by atoms with Crippen LogP contribution in [-0.4, -0.2) is 55.3 Å². The van der Waals surface area contributed by atoms with E-state index in [1.54, 1.807) is 25.4 Å². The van der Waals surface area contributed by atoms with Gasteiger partial charge in [0, 0.05) is 30.8 Å². The number of anilines is 2. The highest BCUT2D eigenvalue weighted by molar-refractivity contribution is 7.91. The number of sulfone groups is 1. The van der Waals surface area contributed by atoms with Crippen molar-refractivity contribution in [1.82, 2.24) is 20.3 Å². The highest BCUT2D eigenvalue weighted by Gasteiger charge is 2.24. The number of aryl methyl sites for hydroxylation is 1. The lowest BCUT2D eigenvalue weighted by molar-refractivity contribution is 0.0950. The molecule has 2 aliphatic heterocycles. The number of benzene rings is 1. The van der Waals surface area contributed by atoms with Crippen LogP contribution in [0.25, 0.3) is 10.9 Å².